The third kappa shape index (κ3) is 2.43. The molecule has 0 atom stereocenters. The van der Waals surface area contributed by atoms with E-state index in [4.69, 9.17) is 16.6 Å². The Balaban J connectivity index is 2.57. The highest BCUT2D eigenvalue weighted by atomic mass is 32.1. The van der Waals surface area contributed by atoms with Crippen molar-refractivity contribution >= 4 is 12.2 Å². The third-order valence-electron chi connectivity index (χ3n) is 2.61. The molecule has 2 rings (SSSR count). The molecule has 0 aliphatic heterocycles. The fraction of sp³-hybridized carbons (Fsp3) is 0.417. The van der Waals surface area contributed by atoms with Gasteiger partial charge in [-0.25, -0.2) is 5.10 Å². The van der Waals surface area contributed by atoms with Gasteiger partial charge in [-0.15, -0.1) is 5.10 Å². The van der Waals surface area contributed by atoms with Gasteiger partial charge in [0, 0.05) is 12.2 Å². The molecule has 0 aliphatic rings. The van der Waals surface area contributed by atoms with Crippen LogP contribution in [0, 0.1) is 17.7 Å². The second-order valence-electron chi connectivity index (χ2n) is 4.62. The number of nitrogens with zero attached hydrogens (tertiary/aromatic N) is 2. The first-order valence-electron chi connectivity index (χ1n) is 5.75. The molecule has 2 aromatic heterocycles. The lowest BCUT2D eigenvalue weighted by atomic mass is 10.2. The zero-order chi connectivity index (χ0) is 13.3. The van der Waals surface area contributed by atoms with E-state index in [1.54, 1.807) is 10.6 Å². The van der Waals surface area contributed by atoms with Gasteiger partial charge < -0.3 is 8.98 Å². The van der Waals surface area contributed by atoms with Gasteiger partial charge in [-0.2, -0.15) is 0 Å². The molecule has 5 nitrogen and oxygen atoms in total. The van der Waals surface area contributed by atoms with E-state index < -0.39 is 0 Å². The molecule has 0 amide bonds. The Morgan fingerprint density at radius 2 is 2.22 bits per heavy atom. The molecule has 1 N–H and O–H groups in total. The van der Waals surface area contributed by atoms with Crippen LogP contribution in [-0.2, 0) is 6.54 Å². The standard InChI is InChI=1S/C12H15N3O2S/c1-7(2)6-15-8(3)4-5-9(11(15)16)10-13-14-12(18)17-10/h4-5,7H,6H2,1-3H3,(H,14,18). The van der Waals surface area contributed by atoms with E-state index in [2.05, 4.69) is 24.0 Å². The minimum Gasteiger partial charge on any atom is -0.409 e. The van der Waals surface area contributed by atoms with Gasteiger partial charge in [0.2, 0.25) is 0 Å². The minimum atomic E-state index is -0.103. The van der Waals surface area contributed by atoms with Crippen LogP contribution < -0.4 is 5.56 Å². The van der Waals surface area contributed by atoms with Crippen molar-refractivity contribution in [2.45, 2.75) is 27.3 Å². The van der Waals surface area contributed by atoms with Crippen molar-refractivity contribution < 1.29 is 4.42 Å². The number of pyridine rings is 1. The van der Waals surface area contributed by atoms with Gasteiger partial charge in [0.25, 0.3) is 16.3 Å². The van der Waals surface area contributed by atoms with E-state index in [9.17, 15) is 4.79 Å². The van der Waals surface area contributed by atoms with Crippen molar-refractivity contribution in [2.24, 2.45) is 5.92 Å². The summed E-state index contributed by atoms with van der Waals surface area (Å²) < 4.78 is 6.91. The Morgan fingerprint density at radius 3 is 2.78 bits per heavy atom. The molecular weight excluding hydrogens is 250 g/mol. The lowest BCUT2D eigenvalue weighted by Gasteiger charge is -2.12. The number of aryl methyl sites for hydroxylation is 1. The van der Waals surface area contributed by atoms with Gasteiger partial charge in [-0.05, 0) is 37.2 Å². The Labute approximate surface area is 109 Å². The summed E-state index contributed by atoms with van der Waals surface area (Å²) in [5.41, 5.74) is 1.24. The molecule has 0 fully saturated rings. The van der Waals surface area contributed by atoms with Crippen LogP contribution in [0.1, 0.15) is 19.5 Å². The van der Waals surface area contributed by atoms with E-state index in [1.807, 2.05) is 13.0 Å². The summed E-state index contributed by atoms with van der Waals surface area (Å²) in [4.78, 5) is 12.5. The van der Waals surface area contributed by atoms with Crippen LogP contribution in [0.5, 0.6) is 0 Å². The second-order valence-corrected chi connectivity index (χ2v) is 4.99. The molecular formula is C12H15N3O2S. The molecule has 0 aliphatic carbocycles. The molecule has 96 valence electrons. The summed E-state index contributed by atoms with van der Waals surface area (Å²) in [7, 11) is 0. The number of hydrogen-bond donors (Lipinski definition) is 1. The highest BCUT2D eigenvalue weighted by molar-refractivity contribution is 7.71. The van der Waals surface area contributed by atoms with Gasteiger partial charge in [0.05, 0.1) is 0 Å². The van der Waals surface area contributed by atoms with E-state index >= 15 is 0 Å². The van der Waals surface area contributed by atoms with Crippen LogP contribution in [0.2, 0.25) is 0 Å². The van der Waals surface area contributed by atoms with Gasteiger partial charge >= 0.3 is 0 Å². The van der Waals surface area contributed by atoms with E-state index in [0.29, 0.717) is 18.0 Å². The number of rotatable bonds is 3. The smallest absolute Gasteiger partial charge is 0.284 e. The van der Waals surface area contributed by atoms with Gasteiger partial charge in [-0.3, -0.25) is 4.79 Å². The lowest BCUT2D eigenvalue weighted by Crippen LogP contribution is -2.25. The second kappa shape index (κ2) is 4.89. The highest BCUT2D eigenvalue weighted by Gasteiger charge is 2.13. The number of aromatic nitrogens is 3. The maximum atomic E-state index is 12.4. The molecule has 0 spiro atoms. The third-order valence-corrected chi connectivity index (χ3v) is 2.78. The molecule has 0 bridgehead atoms. The monoisotopic (exact) mass is 265 g/mol. The number of nitrogens with one attached hydrogen (secondary N) is 1. The van der Waals surface area contributed by atoms with Crippen LogP contribution in [0.15, 0.2) is 21.3 Å². The minimum absolute atomic E-state index is 0.103. The van der Waals surface area contributed by atoms with Crippen molar-refractivity contribution in [2.75, 3.05) is 0 Å². The summed E-state index contributed by atoms with van der Waals surface area (Å²) >= 11 is 4.81. The van der Waals surface area contributed by atoms with Crippen LogP contribution in [0.25, 0.3) is 11.5 Å². The number of H-pyrrole nitrogens is 1. The predicted molar refractivity (Wildman–Crippen MR) is 71.0 cm³/mol. The van der Waals surface area contributed by atoms with Crippen molar-refractivity contribution in [1.29, 1.82) is 0 Å². The number of aromatic amines is 1. The summed E-state index contributed by atoms with van der Waals surface area (Å²) in [6, 6.07) is 3.59. The molecule has 18 heavy (non-hydrogen) atoms. The van der Waals surface area contributed by atoms with Gasteiger partial charge in [-0.1, -0.05) is 13.8 Å². The quantitative estimate of drug-likeness (QED) is 0.866. The van der Waals surface area contributed by atoms with Crippen LogP contribution >= 0.6 is 12.2 Å². The molecule has 2 heterocycles. The van der Waals surface area contributed by atoms with Crippen LogP contribution in [0.4, 0.5) is 0 Å². The topological polar surface area (TPSA) is 63.8 Å². The highest BCUT2D eigenvalue weighted by Crippen LogP contribution is 2.13. The fourth-order valence-electron chi connectivity index (χ4n) is 1.77. The zero-order valence-corrected chi connectivity index (χ0v) is 11.4. The molecule has 2 aromatic rings. The van der Waals surface area contributed by atoms with Crippen molar-refractivity contribution in [3.63, 3.8) is 0 Å². The van der Waals surface area contributed by atoms with Crippen molar-refractivity contribution in [1.82, 2.24) is 14.8 Å². The average molecular weight is 265 g/mol. The van der Waals surface area contributed by atoms with Crippen molar-refractivity contribution in [3.05, 3.63) is 33.0 Å². The maximum absolute atomic E-state index is 12.4. The Hall–Kier alpha value is -1.69. The molecule has 0 saturated heterocycles. The average Bonchev–Trinajstić information content (AvgIpc) is 2.70. The fourth-order valence-corrected chi connectivity index (χ4v) is 1.90. The maximum Gasteiger partial charge on any atom is 0.284 e. The lowest BCUT2D eigenvalue weighted by molar-refractivity contribution is 0.500. The molecule has 0 aromatic carbocycles. The first kappa shape index (κ1) is 12.8. The molecule has 6 heteroatoms. The van der Waals surface area contributed by atoms with Gasteiger partial charge in [0.15, 0.2) is 0 Å². The molecule has 0 radical (unpaired) electrons. The number of hydrogen-bond acceptors (Lipinski definition) is 4. The summed E-state index contributed by atoms with van der Waals surface area (Å²) in [6.07, 6.45) is 0. The van der Waals surface area contributed by atoms with E-state index in [-0.39, 0.29) is 16.3 Å². The molecule has 0 saturated carbocycles. The normalized spacial score (nSPS) is 11.1. The first-order valence-corrected chi connectivity index (χ1v) is 6.16. The molecule has 0 unspecified atom stereocenters. The Kier molecular flexibility index (Phi) is 3.47. The largest absolute Gasteiger partial charge is 0.409 e. The Morgan fingerprint density at radius 1 is 1.50 bits per heavy atom. The Bertz CT molecular complexity index is 666. The zero-order valence-electron chi connectivity index (χ0n) is 10.6. The van der Waals surface area contributed by atoms with E-state index in [1.165, 1.54) is 0 Å². The SMILES string of the molecule is Cc1ccc(-c2n[nH]c(=S)o2)c(=O)n1CC(C)C. The van der Waals surface area contributed by atoms with Crippen LogP contribution in [-0.4, -0.2) is 14.8 Å². The van der Waals surface area contributed by atoms with Crippen LogP contribution in [0.3, 0.4) is 0 Å². The predicted octanol–water partition coefficient (Wildman–Crippen LogP) is 2.53. The summed E-state index contributed by atoms with van der Waals surface area (Å²) in [5.74, 6) is 0.629. The van der Waals surface area contributed by atoms with E-state index in [0.717, 1.165) is 5.69 Å². The summed E-state index contributed by atoms with van der Waals surface area (Å²) in [5, 5.41) is 6.41. The van der Waals surface area contributed by atoms with Gasteiger partial charge in [0.1, 0.15) is 5.56 Å². The van der Waals surface area contributed by atoms with Crippen molar-refractivity contribution in [3.8, 4) is 11.5 Å². The summed E-state index contributed by atoms with van der Waals surface area (Å²) in [6.45, 7) is 6.72. The first-order chi connectivity index (χ1) is 8.49.